The van der Waals surface area contributed by atoms with Gasteiger partial charge in [0.1, 0.15) is 0 Å². The zero-order valence-corrected chi connectivity index (χ0v) is 16.3. The minimum atomic E-state index is -5.02. The van der Waals surface area contributed by atoms with Crippen molar-refractivity contribution in [3.63, 3.8) is 0 Å². The lowest BCUT2D eigenvalue weighted by Crippen LogP contribution is -2.55. The van der Waals surface area contributed by atoms with Crippen LogP contribution < -0.4 is 10.9 Å². The first-order chi connectivity index (χ1) is 14.6. The van der Waals surface area contributed by atoms with Gasteiger partial charge in [0.25, 0.3) is 0 Å². The second kappa shape index (κ2) is 7.26. The van der Waals surface area contributed by atoms with Crippen LogP contribution in [0, 0.1) is 5.82 Å². The van der Waals surface area contributed by atoms with Crippen LogP contribution in [-0.4, -0.2) is 22.0 Å². The normalized spacial score (nSPS) is 23.5. The van der Waals surface area contributed by atoms with Gasteiger partial charge in [-0.05, 0) is 48.6 Å². The Morgan fingerprint density at radius 1 is 1.19 bits per heavy atom. The van der Waals surface area contributed by atoms with Crippen LogP contribution in [-0.2, 0) is 0 Å². The van der Waals surface area contributed by atoms with E-state index in [1.165, 1.54) is 24.3 Å². The van der Waals surface area contributed by atoms with Crippen molar-refractivity contribution in [3.05, 3.63) is 70.0 Å². The fourth-order valence-electron chi connectivity index (χ4n) is 4.39. The maximum Gasteiger partial charge on any atom is 0.419 e. The Balaban J connectivity index is 1.95. The Hall–Kier alpha value is -3.07. The van der Waals surface area contributed by atoms with E-state index in [4.69, 9.17) is 4.42 Å². The molecule has 3 aromatic rings. The van der Waals surface area contributed by atoms with E-state index in [9.17, 15) is 32.6 Å². The Kier molecular flexibility index (Phi) is 4.96. The van der Waals surface area contributed by atoms with Gasteiger partial charge in [-0.2, -0.15) is 13.2 Å². The zero-order chi connectivity index (χ0) is 22.6. The van der Waals surface area contributed by atoms with Crippen LogP contribution in [0.4, 0.5) is 23.2 Å². The third kappa shape index (κ3) is 3.23. The summed E-state index contributed by atoms with van der Waals surface area (Å²) in [5.74, 6) is -2.58. The SMILES string of the molecule is CC[C@@H]1C[C@@](O)(C(F)(F)F)[C@@H](Nc2cccc3c(=O)occc23)c2ccc(F)c(O)c21. The number of nitrogens with one attached hydrogen (secondary N) is 1. The van der Waals surface area contributed by atoms with Crippen LogP contribution in [0.2, 0.25) is 0 Å². The molecule has 31 heavy (non-hydrogen) atoms. The van der Waals surface area contributed by atoms with E-state index in [0.29, 0.717) is 5.39 Å². The first-order valence-electron chi connectivity index (χ1n) is 9.66. The molecular weight excluding hydrogens is 418 g/mol. The van der Waals surface area contributed by atoms with Crippen molar-refractivity contribution in [2.45, 2.75) is 43.5 Å². The van der Waals surface area contributed by atoms with Crippen LogP contribution in [0.25, 0.3) is 10.8 Å². The van der Waals surface area contributed by atoms with Crippen molar-refractivity contribution in [2.24, 2.45) is 0 Å². The number of halogens is 4. The second-order valence-corrected chi connectivity index (χ2v) is 7.68. The monoisotopic (exact) mass is 437 g/mol. The lowest BCUT2D eigenvalue weighted by Gasteiger charge is -2.45. The van der Waals surface area contributed by atoms with Gasteiger partial charge in [0, 0.05) is 16.6 Å². The topological polar surface area (TPSA) is 82.7 Å². The van der Waals surface area contributed by atoms with Crippen molar-refractivity contribution < 1.29 is 32.2 Å². The molecule has 3 N–H and O–H groups in total. The Morgan fingerprint density at radius 3 is 2.61 bits per heavy atom. The average Bonchev–Trinajstić information content (AvgIpc) is 2.72. The Morgan fingerprint density at radius 2 is 1.94 bits per heavy atom. The molecule has 0 radical (unpaired) electrons. The van der Waals surface area contributed by atoms with E-state index >= 15 is 0 Å². The molecule has 0 unspecified atom stereocenters. The zero-order valence-electron chi connectivity index (χ0n) is 16.3. The fraction of sp³-hybridized carbons (Fsp3) is 0.318. The van der Waals surface area contributed by atoms with Gasteiger partial charge in [0.05, 0.1) is 17.7 Å². The van der Waals surface area contributed by atoms with Gasteiger partial charge in [-0.15, -0.1) is 0 Å². The van der Waals surface area contributed by atoms with Crippen LogP contribution >= 0.6 is 0 Å². The molecular formula is C22H19F4NO4. The van der Waals surface area contributed by atoms with Crippen molar-refractivity contribution in [1.29, 1.82) is 0 Å². The summed E-state index contributed by atoms with van der Waals surface area (Å²) >= 11 is 0. The largest absolute Gasteiger partial charge is 0.505 e. The first-order valence-corrected chi connectivity index (χ1v) is 9.66. The van der Waals surface area contributed by atoms with Gasteiger partial charge in [0.15, 0.2) is 17.2 Å². The van der Waals surface area contributed by atoms with Gasteiger partial charge in [-0.1, -0.05) is 19.1 Å². The predicted molar refractivity (Wildman–Crippen MR) is 106 cm³/mol. The number of aliphatic hydroxyl groups is 1. The average molecular weight is 437 g/mol. The first kappa shape index (κ1) is 21.2. The van der Waals surface area contributed by atoms with Crippen LogP contribution in [0.1, 0.15) is 42.9 Å². The molecule has 0 saturated heterocycles. The molecule has 1 aliphatic rings. The maximum absolute atomic E-state index is 14.1. The molecule has 0 saturated carbocycles. The summed E-state index contributed by atoms with van der Waals surface area (Å²) in [5.41, 5.74) is -3.73. The van der Waals surface area contributed by atoms with Crippen LogP contribution in [0.3, 0.4) is 0 Å². The lowest BCUT2D eigenvalue weighted by atomic mass is 9.69. The molecule has 3 atom stereocenters. The molecule has 1 heterocycles. The second-order valence-electron chi connectivity index (χ2n) is 7.68. The highest BCUT2D eigenvalue weighted by Gasteiger charge is 2.62. The highest BCUT2D eigenvalue weighted by atomic mass is 19.4. The van der Waals surface area contributed by atoms with Crippen molar-refractivity contribution in [3.8, 4) is 5.75 Å². The molecule has 0 bridgehead atoms. The van der Waals surface area contributed by atoms with Gasteiger partial charge >= 0.3 is 11.8 Å². The molecule has 2 aromatic carbocycles. The van der Waals surface area contributed by atoms with Crippen LogP contribution in [0.15, 0.2) is 51.9 Å². The Bertz CT molecular complexity index is 1210. The highest BCUT2D eigenvalue weighted by Crippen LogP contribution is 2.55. The molecule has 0 amide bonds. The summed E-state index contributed by atoms with van der Waals surface area (Å²) < 4.78 is 61.3. The van der Waals surface area contributed by atoms with E-state index in [-0.39, 0.29) is 28.6 Å². The quantitative estimate of drug-likeness (QED) is 0.504. The summed E-state index contributed by atoms with van der Waals surface area (Å²) in [5, 5.41) is 24.4. The van der Waals surface area contributed by atoms with Gasteiger partial charge in [-0.25, -0.2) is 9.18 Å². The molecule has 1 aliphatic carbocycles. The number of fused-ring (bicyclic) bond motifs is 2. The third-order valence-corrected chi connectivity index (χ3v) is 5.98. The van der Waals surface area contributed by atoms with E-state index in [1.807, 2.05) is 0 Å². The number of phenols is 1. The number of hydrogen-bond donors (Lipinski definition) is 3. The maximum atomic E-state index is 14.1. The minimum absolute atomic E-state index is 0.0358. The van der Waals surface area contributed by atoms with Gasteiger partial charge < -0.3 is 19.9 Å². The number of benzene rings is 2. The molecule has 0 spiro atoms. The molecule has 5 nitrogen and oxygen atoms in total. The van der Waals surface area contributed by atoms with E-state index in [1.54, 1.807) is 6.92 Å². The number of rotatable bonds is 3. The van der Waals surface area contributed by atoms with E-state index in [0.717, 1.165) is 18.4 Å². The van der Waals surface area contributed by atoms with Gasteiger partial charge in [-0.3, -0.25) is 0 Å². The predicted octanol–water partition coefficient (Wildman–Crippen LogP) is 4.98. The molecule has 1 aromatic heterocycles. The van der Waals surface area contributed by atoms with Crippen molar-refractivity contribution in [1.82, 2.24) is 0 Å². The Labute approximate surface area is 173 Å². The third-order valence-electron chi connectivity index (χ3n) is 5.98. The lowest BCUT2D eigenvalue weighted by molar-refractivity contribution is -0.272. The van der Waals surface area contributed by atoms with Crippen molar-refractivity contribution in [2.75, 3.05) is 5.32 Å². The molecule has 9 heteroatoms. The van der Waals surface area contributed by atoms with Crippen molar-refractivity contribution >= 4 is 16.5 Å². The number of hydrogen-bond acceptors (Lipinski definition) is 5. The summed E-state index contributed by atoms with van der Waals surface area (Å²) in [4.78, 5) is 12.0. The molecule has 4 rings (SSSR count). The van der Waals surface area contributed by atoms with Gasteiger partial charge in [0.2, 0.25) is 0 Å². The summed E-state index contributed by atoms with van der Waals surface area (Å²) in [6.07, 6.45) is -4.51. The number of alkyl halides is 3. The molecule has 164 valence electrons. The standard InChI is InChI=1S/C22H19F4NO4/c1-2-11-10-21(30,22(24,25)26)19(14-6-7-15(23)18(28)17(11)14)27-16-5-3-4-13-12(16)8-9-31-20(13)29/h3-9,11,19,27-28,30H,2,10H2,1H3/t11-,19+,21+/m1/s1. The summed E-state index contributed by atoms with van der Waals surface area (Å²) in [7, 11) is 0. The minimum Gasteiger partial charge on any atom is -0.505 e. The molecule has 0 aliphatic heterocycles. The van der Waals surface area contributed by atoms with E-state index in [2.05, 4.69) is 5.32 Å². The van der Waals surface area contributed by atoms with E-state index < -0.39 is 47.4 Å². The fourth-order valence-corrected chi connectivity index (χ4v) is 4.39. The molecule has 0 fully saturated rings. The smallest absolute Gasteiger partial charge is 0.419 e. The van der Waals surface area contributed by atoms with Crippen LogP contribution in [0.5, 0.6) is 5.75 Å². The number of anilines is 1. The number of aromatic hydroxyl groups is 1. The summed E-state index contributed by atoms with van der Waals surface area (Å²) in [6.45, 7) is 1.60. The summed E-state index contributed by atoms with van der Waals surface area (Å²) in [6, 6.07) is 6.07. The highest BCUT2D eigenvalue weighted by molar-refractivity contribution is 5.93. The number of phenolic OH excluding ortho intramolecular Hbond substituents is 1.